The van der Waals surface area contributed by atoms with Gasteiger partial charge < -0.3 is 20.8 Å². The highest BCUT2D eigenvalue weighted by Gasteiger charge is 1.81. The first-order chi connectivity index (χ1) is 7.37. The zero-order chi connectivity index (χ0) is 14.0. The Morgan fingerprint density at radius 2 is 0.875 bits per heavy atom. The van der Waals surface area contributed by atoms with Crippen LogP contribution in [0.5, 0.6) is 0 Å². The first-order valence-electron chi connectivity index (χ1n) is 4.98. The molecule has 0 rings (SSSR count). The Bertz CT molecular complexity index is 125. The third-order valence-corrected chi connectivity index (χ3v) is 0.605. The summed E-state index contributed by atoms with van der Waals surface area (Å²) in [6.07, 6.45) is 0.444. The summed E-state index contributed by atoms with van der Waals surface area (Å²) in [6.45, 7) is 3.20. The second-order valence-corrected chi connectivity index (χ2v) is 2.49. The van der Waals surface area contributed by atoms with Crippen LogP contribution in [0.15, 0.2) is 0 Å². The Hall–Kier alpha value is -1.14. The number of hydrogen-bond donors (Lipinski definition) is 4. The van der Waals surface area contributed by atoms with Gasteiger partial charge in [-0.25, -0.2) is 0 Å². The van der Waals surface area contributed by atoms with Gasteiger partial charge in [-0.3, -0.25) is 9.59 Å². The molecule has 0 radical (unpaired) electrons. The fourth-order valence-corrected chi connectivity index (χ4v) is 0. The number of rotatable bonds is 2. The SMILES string of the molecule is CCC(=O)O.CCC(=O)O.CNC.CNC. The minimum atomic E-state index is -0.745. The Kier molecular flexibility index (Phi) is 44.2. The number of aliphatic carboxylic acids is 2. The summed E-state index contributed by atoms with van der Waals surface area (Å²) in [6, 6.07) is 0. The molecule has 0 saturated heterocycles. The first kappa shape index (κ1) is 24.2. The maximum Gasteiger partial charge on any atom is 0.303 e. The van der Waals surface area contributed by atoms with Crippen molar-refractivity contribution in [3.8, 4) is 0 Å². The van der Waals surface area contributed by atoms with Crippen molar-refractivity contribution in [2.24, 2.45) is 0 Å². The molecule has 100 valence electrons. The molecule has 6 heteroatoms. The van der Waals surface area contributed by atoms with E-state index in [1.165, 1.54) is 0 Å². The van der Waals surface area contributed by atoms with E-state index in [-0.39, 0.29) is 12.8 Å². The average Bonchev–Trinajstić information content (AvgIpc) is 2.21. The predicted molar refractivity (Wildman–Crippen MR) is 65.8 cm³/mol. The molecule has 6 nitrogen and oxygen atoms in total. The van der Waals surface area contributed by atoms with Crippen LogP contribution in [0.3, 0.4) is 0 Å². The number of hydrogen-bond acceptors (Lipinski definition) is 4. The van der Waals surface area contributed by atoms with Gasteiger partial charge in [-0.1, -0.05) is 13.8 Å². The van der Waals surface area contributed by atoms with E-state index < -0.39 is 11.9 Å². The molecular formula is C10H26N2O4. The predicted octanol–water partition coefficient (Wildman–Crippen LogP) is 0.633. The number of carbonyl (C=O) groups is 2. The molecule has 16 heavy (non-hydrogen) atoms. The number of carboxylic acids is 2. The van der Waals surface area contributed by atoms with Crippen LogP contribution < -0.4 is 10.6 Å². The second-order valence-electron chi connectivity index (χ2n) is 2.49. The van der Waals surface area contributed by atoms with Gasteiger partial charge >= 0.3 is 11.9 Å². The summed E-state index contributed by atoms with van der Waals surface area (Å²) in [5, 5.41) is 20.9. The van der Waals surface area contributed by atoms with Crippen LogP contribution in [0.25, 0.3) is 0 Å². The molecule has 0 atom stereocenters. The third-order valence-electron chi connectivity index (χ3n) is 0.605. The summed E-state index contributed by atoms with van der Waals surface area (Å²) in [5.74, 6) is -1.49. The Labute approximate surface area is 98.1 Å². The maximum atomic E-state index is 9.37. The van der Waals surface area contributed by atoms with Crippen molar-refractivity contribution in [2.75, 3.05) is 28.2 Å². The van der Waals surface area contributed by atoms with Gasteiger partial charge in [0.15, 0.2) is 0 Å². The molecular weight excluding hydrogens is 212 g/mol. The normalized spacial score (nSPS) is 6.88. The van der Waals surface area contributed by atoms with Crippen molar-refractivity contribution in [1.29, 1.82) is 0 Å². The van der Waals surface area contributed by atoms with E-state index in [1.54, 1.807) is 13.8 Å². The standard InChI is InChI=1S/2C3H6O2.2C2H7N/c2*1-2-3(4)5;2*1-3-2/h2*2H2,1H3,(H,4,5);2*3H,1-2H3. The van der Waals surface area contributed by atoms with Gasteiger partial charge in [-0.15, -0.1) is 0 Å². The molecule has 0 aromatic carbocycles. The average molecular weight is 238 g/mol. The highest BCUT2D eigenvalue weighted by Crippen LogP contribution is 1.67. The molecule has 0 amide bonds. The van der Waals surface area contributed by atoms with Crippen molar-refractivity contribution in [2.45, 2.75) is 26.7 Å². The quantitative estimate of drug-likeness (QED) is 0.563. The highest BCUT2D eigenvalue weighted by molar-refractivity contribution is 5.66. The fraction of sp³-hybridized carbons (Fsp3) is 0.800. The first-order valence-corrected chi connectivity index (χ1v) is 4.98. The van der Waals surface area contributed by atoms with E-state index in [0.29, 0.717) is 0 Å². The van der Waals surface area contributed by atoms with Crippen LogP contribution in [-0.2, 0) is 9.59 Å². The van der Waals surface area contributed by atoms with E-state index >= 15 is 0 Å². The summed E-state index contributed by atoms with van der Waals surface area (Å²) >= 11 is 0. The van der Waals surface area contributed by atoms with Crippen molar-refractivity contribution in [3.05, 3.63) is 0 Å². The Balaban J connectivity index is -0.0000000621. The van der Waals surface area contributed by atoms with Gasteiger partial charge in [-0.05, 0) is 28.2 Å². The maximum absolute atomic E-state index is 9.37. The van der Waals surface area contributed by atoms with Crippen molar-refractivity contribution >= 4 is 11.9 Å². The smallest absolute Gasteiger partial charge is 0.303 e. The van der Waals surface area contributed by atoms with Crippen molar-refractivity contribution in [3.63, 3.8) is 0 Å². The molecule has 0 unspecified atom stereocenters. The zero-order valence-corrected chi connectivity index (χ0v) is 11.1. The third kappa shape index (κ3) is 221. The van der Waals surface area contributed by atoms with E-state index in [0.717, 1.165) is 0 Å². The van der Waals surface area contributed by atoms with Gasteiger partial charge in [0.05, 0.1) is 0 Å². The van der Waals surface area contributed by atoms with E-state index in [9.17, 15) is 9.59 Å². The molecule has 0 aliphatic carbocycles. The van der Waals surface area contributed by atoms with Gasteiger partial charge in [-0.2, -0.15) is 0 Å². The molecule has 0 aliphatic rings. The van der Waals surface area contributed by atoms with Crippen molar-refractivity contribution in [1.82, 2.24) is 10.6 Å². The molecule has 0 heterocycles. The number of nitrogens with one attached hydrogen (secondary N) is 2. The second kappa shape index (κ2) is 29.2. The Morgan fingerprint density at radius 1 is 0.812 bits per heavy atom. The lowest BCUT2D eigenvalue weighted by atomic mass is 10.5. The molecule has 4 N–H and O–H groups in total. The molecule has 0 fully saturated rings. The minimum Gasteiger partial charge on any atom is -0.481 e. The van der Waals surface area contributed by atoms with E-state index in [1.807, 2.05) is 28.2 Å². The van der Waals surface area contributed by atoms with Crippen LogP contribution >= 0.6 is 0 Å². The Morgan fingerprint density at radius 3 is 0.875 bits per heavy atom. The van der Waals surface area contributed by atoms with Crippen LogP contribution in [-0.4, -0.2) is 50.3 Å². The zero-order valence-electron chi connectivity index (χ0n) is 11.1. The summed E-state index contributed by atoms with van der Waals surface area (Å²) in [7, 11) is 7.50. The summed E-state index contributed by atoms with van der Waals surface area (Å²) in [5.41, 5.74) is 0. The number of carboxylic acid groups (broad SMARTS) is 2. The molecule has 0 aromatic rings. The summed E-state index contributed by atoms with van der Waals surface area (Å²) in [4.78, 5) is 18.7. The van der Waals surface area contributed by atoms with Gasteiger partial charge in [0, 0.05) is 12.8 Å². The van der Waals surface area contributed by atoms with E-state index in [4.69, 9.17) is 10.2 Å². The topological polar surface area (TPSA) is 98.7 Å². The molecule has 0 saturated carbocycles. The minimum absolute atomic E-state index is 0.222. The van der Waals surface area contributed by atoms with Crippen molar-refractivity contribution < 1.29 is 19.8 Å². The van der Waals surface area contributed by atoms with Crippen LogP contribution in [0.1, 0.15) is 26.7 Å². The van der Waals surface area contributed by atoms with Gasteiger partial charge in [0.25, 0.3) is 0 Å². The highest BCUT2D eigenvalue weighted by atomic mass is 16.4. The molecule has 0 aliphatic heterocycles. The fourth-order valence-electron chi connectivity index (χ4n) is 0. The van der Waals surface area contributed by atoms with Crippen LogP contribution in [0.4, 0.5) is 0 Å². The van der Waals surface area contributed by atoms with Gasteiger partial charge in [0.2, 0.25) is 0 Å². The lowest BCUT2D eigenvalue weighted by Crippen LogP contribution is -1.89. The van der Waals surface area contributed by atoms with Crippen LogP contribution in [0, 0.1) is 0 Å². The lowest BCUT2D eigenvalue weighted by molar-refractivity contribution is -0.137. The van der Waals surface area contributed by atoms with Crippen LogP contribution in [0.2, 0.25) is 0 Å². The molecule has 0 bridgehead atoms. The van der Waals surface area contributed by atoms with E-state index in [2.05, 4.69) is 10.6 Å². The molecule has 0 aromatic heterocycles. The lowest BCUT2D eigenvalue weighted by Gasteiger charge is -1.71. The monoisotopic (exact) mass is 238 g/mol. The summed E-state index contributed by atoms with van der Waals surface area (Å²) < 4.78 is 0. The van der Waals surface area contributed by atoms with Gasteiger partial charge in [0.1, 0.15) is 0 Å². The largest absolute Gasteiger partial charge is 0.481 e. The molecule has 0 spiro atoms.